The van der Waals surface area contributed by atoms with Crippen molar-refractivity contribution in [2.24, 2.45) is 0 Å². The highest BCUT2D eigenvalue weighted by atomic mass is 32.2. The summed E-state index contributed by atoms with van der Waals surface area (Å²) in [5, 5.41) is 8.94. The average molecular weight is 380 g/mol. The van der Waals surface area contributed by atoms with Crippen LogP contribution in [0, 0.1) is 0 Å². The average Bonchev–Trinajstić information content (AvgIpc) is 2.85. The number of ketones is 1. The molecule has 1 unspecified atom stereocenters. The summed E-state index contributed by atoms with van der Waals surface area (Å²) in [5.74, 6) is 0.356. The Morgan fingerprint density at radius 3 is 2.80 bits per heavy atom. The summed E-state index contributed by atoms with van der Waals surface area (Å²) >= 11 is 6.48. The third-order valence-corrected chi connectivity index (χ3v) is 5.09. The second kappa shape index (κ2) is 9.12. The van der Waals surface area contributed by atoms with Crippen molar-refractivity contribution in [2.75, 3.05) is 13.2 Å². The van der Waals surface area contributed by atoms with Crippen LogP contribution in [0.15, 0.2) is 29.2 Å². The van der Waals surface area contributed by atoms with E-state index in [0.717, 1.165) is 5.56 Å². The van der Waals surface area contributed by atoms with E-state index in [2.05, 4.69) is 0 Å². The highest BCUT2D eigenvalue weighted by molar-refractivity contribution is 8.26. The minimum Gasteiger partial charge on any atom is -0.482 e. The summed E-state index contributed by atoms with van der Waals surface area (Å²) in [6, 6.07) is 7.29. The van der Waals surface area contributed by atoms with Crippen molar-refractivity contribution in [3.63, 3.8) is 0 Å². The number of Topliss-reactive ketones (excluding diaryl/α,β-unsaturated/α-hetero) is 1. The van der Waals surface area contributed by atoms with Crippen molar-refractivity contribution in [1.82, 2.24) is 4.90 Å². The predicted molar refractivity (Wildman–Crippen MR) is 103 cm³/mol. The number of carbonyl (C=O) groups is 2. The van der Waals surface area contributed by atoms with Crippen LogP contribution in [0.1, 0.15) is 32.3 Å². The first-order valence-corrected chi connectivity index (χ1v) is 9.32. The molecule has 1 amide bonds. The number of ether oxygens (including phenoxy) is 1. The Bertz CT molecular complexity index is 702. The zero-order valence-corrected chi connectivity index (χ0v) is 15.9. The molecule has 0 aliphatic carbocycles. The second-order valence-corrected chi connectivity index (χ2v) is 7.25. The number of thiocarbonyl (C=S) groups is 1. The molecule has 0 aromatic heterocycles. The van der Waals surface area contributed by atoms with E-state index in [1.54, 1.807) is 12.1 Å². The lowest BCUT2D eigenvalue weighted by atomic mass is 10.1. The molecule has 1 aromatic carbocycles. The molecule has 0 saturated carbocycles. The topological polar surface area (TPSA) is 66.8 Å². The predicted octanol–water partition coefficient (Wildman–Crippen LogP) is 3.02. The molecule has 1 aromatic rings. The van der Waals surface area contributed by atoms with Crippen LogP contribution < -0.4 is 4.74 Å². The lowest BCUT2D eigenvalue weighted by molar-refractivity contribution is -0.124. The molecule has 1 fully saturated rings. The van der Waals surface area contributed by atoms with Crippen molar-refractivity contribution in [2.45, 2.75) is 32.8 Å². The van der Waals surface area contributed by atoms with Gasteiger partial charge in [0.25, 0.3) is 5.91 Å². The van der Waals surface area contributed by atoms with Gasteiger partial charge in [0.15, 0.2) is 11.9 Å². The fourth-order valence-corrected chi connectivity index (χ4v) is 3.68. The molecule has 1 N–H and O–H groups in total. The molecule has 1 aliphatic rings. The number of thioether (sulfide) groups is 1. The van der Waals surface area contributed by atoms with Gasteiger partial charge in [0, 0.05) is 18.7 Å². The van der Waals surface area contributed by atoms with Crippen molar-refractivity contribution in [3.8, 4) is 5.75 Å². The number of aliphatic hydroxyl groups is 1. The Labute approximate surface area is 157 Å². The van der Waals surface area contributed by atoms with Gasteiger partial charge < -0.3 is 9.84 Å². The number of benzene rings is 1. The Balaban J connectivity index is 2.25. The lowest BCUT2D eigenvalue weighted by Crippen LogP contribution is -2.29. The van der Waals surface area contributed by atoms with E-state index in [4.69, 9.17) is 22.1 Å². The van der Waals surface area contributed by atoms with Gasteiger partial charge in [0.1, 0.15) is 10.1 Å². The summed E-state index contributed by atoms with van der Waals surface area (Å²) in [6.45, 7) is 3.80. The Kier molecular flexibility index (Phi) is 7.16. The zero-order valence-electron chi connectivity index (χ0n) is 14.2. The van der Waals surface area contributed by atoms with Crippen molar-refractivity contribution < 1.29 is 19.4 Å². The Hall–Kier alpha value is -1.70. The maximum absolute atomic E-state index is 12.5. The largest absolute Gasteiger partial charge is 0.482 e. The van der Waals surface area contributed by atoms with E-state index in [0.29, 0.717) is 34.4 Å². The van der Waals surface area contributed by atoms with Gasteiger partial charge in [-0.25, -0.2) is 0 Å². The number of hydrogen-bond acceptors (Lipinski definition) is 6. The van der Waals surface area contributed by atoms with Crippen LogP contribution in [0.5, 0.6) is 5.75 Å². The molecule has 5 nitrogen and oxygen atoms in total. The first kappa shape index (κ1) is 19.6. The summed E-state index contributed by atoms with van der Waals surface area (Å²) in [4.78, 5) is 26.1. The molecule has 0 bridgehead atoms. The van der Waals surface area contributed by atoms with Gasteiger partial charge in [0.2, 0.25) is 0 Å². The van der Waals surface area contributed by atoms with Crippen LogP contribution in [-0.4, -0.2) is 45.3 Å². The molecule has 0 radical (unpaired) electrons. The molecule has 1 saturated heterocycles. The number of aliphatic hydroxyl groups excluding tert-OH is 1. The molecule has 25 heavy (non-hydrogen) atoms. The number of rotatable bonds is 8. The van der Waals surface area contributed by atoms with Crippen LogP contribution in [0.25, 0.3) is 6.08 Å². The quantitative estimate of drug-likeness (QED) is 0.553. The van der Waals surface area contributed by atoms with Crippen LogP contribution >= 0.6 is 24.0 Å². The number of carbonyl (C=O) groups excluding carboxylic acids is 2. The van der Waals surface area contributed by atoms with Crippen molar-refractivity contribution in [1.29, 1.82) is 0 Å². The Morgan fingerprint density at radius 1 is 1.44 bits per heavy atom. The molecule has 2 rings (SSSR count). The maximum atomic E-state index is 12.5. The van der Waals surface area contributed by atoms with E-state index in [1.165, 1.54) is 23.6 Å². The first-order valence-electron chi connectivity index (χ1n) is 8.10. The standard InChI is InChI=1S/C18H21NO4S2/c1-3-14(12(2)21)23-15-8-5-4-7-13(15)11-16-17(22)19(9-6-10-20)18(24)25-16/h4-5,7-8,11,14,20H,3,6,9-10H2,1-2H3/b16-11-. The van der Waals surface area contributed by atoms with Gasteiger partial charge in [0.05, 0.1) is 4.91 Å². The molecule has 7 heteroatoms. The SMILES string of the molecule is CCC(Oc1ccccc1/C=C1\SC(=S)N(CCCO)C1=O)C(C)=O. The molecule has 0 spiro atoms. The van der Waals surface area contributed by atoms with Crippen molar-refractivity contribution >= 4 is 46.1 Å². The molecular weight excluding hydrogens is 358 g/mol. The number of amides is 1. The van der Waals surface area contributed by atoms with Crippen LogP contribution in [0.3, 0.4) is 0 Å². The maximum Gasteiger partial charge on any atom is 0.266 e. The number of nitrogens with zero attached hydrogens (tertiary/aromatic N) is 1. The third kappa shape index (κ3) is 4.90. The summed E-state index contributed by atoms with van der Waals surface area (Å²) in [6.07, 6.45) is 2.29. The van der Waals surface area contributed by atoms with E-state index < -0.39 is 6.10 Å². The Morgan fingerprint density at radius 2 is 2.16 bits per heavy atom. The highest BCUT2D eigenvalue weighted by Gasteiger charge is 2.31. The lowest BCUT2D eigenvalue weighted by Gasteiger charge is -2.16. The smallest absolute Gasteiger partial charge is 0.266 e. The van der Waals surface area contributed by atoms with Gasteiger partial charge in [-0.3, -0.25) is 14.5 Å². The van der Waals surface area contributed by atoms with Gasteiger partial charge in [-0.05, 0) is 31.9 Å². The van der Waals surface area contributed by atoms with Crippen molar-refractivity contribution in [3.05, 3.63) is 34.7 Å². The summed E-state index contributed by atoms with van der Waals surface area (Å²) in [7, 11) is 0. The highest BCUT2D eigenvalue weighted by Crippen LogP contribution is 2.34. The molecular formula is C18H21NO4S2. The minimum absolute atomic E-state index is 0.0102. The minimum atomic E-state index is -0.506. The summed E-state index contributed by atoms with van der Waals surface area (Å²) in [5.41, 5.74) is 0.727. The molecule has 1 heterocycles. The van der Waals surface area contributed by atoms with Gasteiger partial charge in [-0.1, -0.05) is 49.1 Å². The number of hydrogen-bond donors (Lipinski definition) is 1. The van der Waals surface area contributed by atoms with E-state index >= 15 is 0 Å². The third-order valence-electron chi connectivity index (χ3n) is 3.71. The van der Waals surface area contributed by atoms with Crippen LogP contribution in [-0.2, 0) is 9.59 Å². The summed E-state index contributed by atoms with van der Waals surface area (Å²) < 4.78 is 6.31. The van der Waals surface area contributed by atoms with Crippen LogP contribution in [0.4, 0.5) is 0 Å². The molecule has 134 valence electrons. The van der Waals surface area contributed by atoms with Crippen LogP contribution in [0.2, 0.25) is 0 Å². The second-order valence-electron chi connectivity index (χ2n) is 5.57. The van der Waals surface area contributed by atoms with E-state index in [9.17, 15) is 9.59 Å². The number of para-hydroxylation sites is 1. The normalized spacial score (nSPS) is 17.2. The first-order chi connectivity index (χ1) is 12.0. The van der Waals surface area contributed by atoms with E-state index in [1.807, 2.05) is 25.1 Å². The monoisotopic (exact) mass is 379 g/mol. The van der Waals surface area contributed by atoms with Gasteiger partial charge in [-0.2, -0.15) is 0 Å². The zero-order chi connectivity index (χ0) is 18.4. The van der Waals surface area contributed by atoms with Gasteiger partial charge >= 0.3 is 0 Å². The van der Waals surface area contributed by atoms with Gasteiger partial charge in [-0.15, -0.1) is 0 Å². The molecule has 1 atom stereocenters. The van der Waals surface area contributed by atoms with E-state index in [-0.39, 0.29) is 18.3 Å². The molecule has 1 aliphatic heterocycles. The fourth-order valence-electron chi connectivity index (χ4n) is 2.38. The fraction of sp³-hybridized carbons (Fsp3) is 0.389.